The first kappa shape index (κ1) is 25.0. The predicted octanol–water partition coefficient (Wildman–Crippen LogP) is 2.38. The van der Waals surface area contributed by atoms with Crippen molar-refractivity contribution in [1.29, 1.82) is 0 Å². The van der Waals surface area contributed by atoms with Crippen molar-refractivity contribution >= 4 is 34.4 Å². The molecule has 6 rings (SSSR count). The molecule has 11 heteroatoms. The number of morpholine rings is 1. The Morgan fingerprint density at radius 2 is 1.72 bits per heavy atom. The smallest absolute Gasteiger partial charge is 0.270 e. The first-order valence-electron chi connectivity index (χ1n) is 13.1. The Morgan fingerprint density at radius 1 is 0.872 bits per heavy atom. The molecule has 1 aromatic carbocycles. The van der Waals surface area contributed by atoms with E-state index in [4.69, 9.17) is 4.74 Å². The first-order chi connectivity index (χ1) is 19.1. The molecule has 0 spiro atoms. The lowest BCUT2D eigenvalue weighted by Gasteiger charge is -2.35. The standard InChI is InChI=1S/C28H30N8O3/c37-26(35-13-15-39-16-14-35)19-34-9-11-36(12-10-34)27(38)25-18-20-17-21(4-5-22(20)32-25)31-28-30-8-6-24(33-28)23-3-1-2-7-29-23/h1-8,17-18,32H,9-16,19H2,(H,30,31,33). The van der Waals surface area contributed by atoms with Gasteiger partial charge in [0.1, 0.15) is 5.69 Å². The van der Waals surface area contributed by atoms with Crippen LogP contribution < -0.4 is 5.32 Å². The second-order valence-corrected chi connectivity index (χ2v) is 9.65. The van der Waals surface area contributed by atoms with Crippen LogP contribution in [0.2, 0.25) is 0 Å². The maximum Gasteiger partial charge on any atom is 0.270 e. The van der Waals surface area contributed by atoms with Crippen LogP contribution in [0, 0.1) is 0 Å². The molecule has 200 valence electrons. The summed E-state index contributed by atoms with van der Waals surface area (Å²) in [5, 5.41) is 4.17. The van der Waals surface area contributed by atoms with E-state index in [1.807, 2.05) is 58.3 Å². The van der Waals surface area contributed by atoms with E-state index in [0.717, 1.165) is 28.0 Å². The van der Waals surface area contributed by atoms with Crippen LogP contribution in [0.3, 0.4) is 0 Å². The number of H-pyrrole nitrogens is 1. The summed E-state index contributed by atoms with van der Waals surface area (Å²) >= 11 is 0. The summed E-state index contributed by atoms with van der Waals surface area (Å²) in [4.78, 5) is 48.1. The minimum atomic E-state index is -0.0359. The number of fused-ring (bicyclic) bond motifs is 1. The summed E-state index contributed by atoms with van der Waals surface area (Å²) in [6.07, 6.45) is 3.43. The molecule has 0 saturated carbocycles. The van der Waals surface area contributed by atoms with Gasteiger partial charge in [-0.05, 0) is 42.5 Å². The zero-order valence-electron chi connectivity index (χ0n) is 21.5. The van der Waals surface area contributed by atoms with Gasteiger partial charge in [0, 0.05) is 68.3 Å². The number of ether oxygens (including phenoxy) is 1. The summed E-state index contributed by atoms with van der Waals surface area (Å²) in [7, 11) is 0. The van der Waals surface area contributed by atoms with Crippen molar-refractivity contribution in [2.75, 3.05) is 64.3 Å². The third kappa shape index (κ3) is 5.74. The van der Waals surface area contributed by atoms with E-state index in [0.29, 0.717) is 70.7 Å². The second-order valence-electron chi connectivity index (χ2n) is 9.65. The van der Waals surface area contributed by atoms with Crippen LogP contribution in [0.4, 0.5) is 11.6 Å². The maximum absolute atomic E-state index is 13.2. The van der Waals surface area contributed by atoms with Crippen molar-refractivity contribution in [3.05, 3.63) is 66.6 Å². The van der Waals surface area contributed by atoms with E-state index >= 15 is 0 Å². The van der Waals surface area contributed by atoms with E-state index in [2.05, 4.69) is 30.2 Å². The lowest BCUT2D eigenvalue weighted by Crippen LogP contribution is -2.52. The van der Waals surface area contributed by atoms with Gasteiger partial charge in [-0.3, -0.25) is 19.5 Å². The summed E-state index contributed by atoms with van der Waals surface area (Å²) in [6, 6.07) is 15.2. The molecule has 2 saturated heterocycles. The molecule has 0 radical (unpaired) electrons. The first-order valence-corrected chi connectivity index (χ1v) is 13.1. The van der Waals surface area contributed by atoms with Crippen molar-refractivity contribution in [3.63, 3.8) is 0 Å². The monoisotopic (exact) mass is 526 g/mol. The number of carbonyl (C=O) groups is 2. The van der Waals surface area contributed by atoms with E-state index in [9.17, 15) is 9.59 Å². The Balaban J connectivity index is 1.08. The number of rotatable bonds is 6. The van der Waals surface area contributed by atoms with Crippen molar-refractivity contribution in [3.8, 4) is 11.4 Å². The molecule has 0 aliphatic carbocycles. The van der Waals surface area contributed by atoms with Crippen LogP contribution in [-0.4, -0.2) is 105 Å². The number of hydrogen-bond acceptors (Lipinski definition) is 8. The van der Waals surface area contributed by atoms with Gasteiger partial charge in [0.25, 0.3) is 5.91 Å². The van der Waals surface area contributed by atoms with Crippen LogP contribution in [0.1, 0.15) is 10.5 Å². The van der Waals surface area contributed by atoms with Gasteiger partial charge in [-0.25, -0.2) is 9.97 Å². The third-order valence-electron chi connectivity index (χ3n) is 7.07. The molecule has 0 atom stereocenters. The van der Waals surface area contributed by atoms with Gasteiger partial charge in [-0.15, -0.1) is 0 Å². The molecule has 2 aliphatic heterocycles. The SMILES string of the molecule is O=C(CN1CCN(C(=O)c2cc3cc(Nc4nccc(-c5ccccn5)n4)ccc3[nH]2)CC1)N1CCOCC1. The van der Waals surface area contributed by atoms with E-state index < -0.39 is 0 Å². The molecule has 0 unspecified atom stereocenters. The number of aromatic nitrogens is 4. The highest BCUT2D eigenvalue weighted by atomic mass is 16.5. The number of nitrogens with one attached hydrogen (secondary N) is 2. The Bertz CT molecular complexity index is 1460. The molecule has 4 aromatic rings. The molecule has 39 heavy (non-hydrogen) atoms. The lowest BCUT2D eigenvalue weighted by molar-refractivity contribution is -0.136. The largest absolute Gasteiger partial charge is 0.378 e. The fraction of sp³-hybridized carbons (Fsp3) is 0.321. The Labute approximate surface area is 225 Å². The summed E-state index contributed by atoms with van der Waals surface area (Å²) in [6.45, 7) is 5.41. The van der Waals surface area contributed by atoms with E-state index in [1.54, 1.807) is 12.4 Å². The van der Waals surface area contributed by atoms with Gasteiger partial charge in [0.2, 0.25) is 11.9 Å². The number of anilines is 2. The number of pyridine rings is 1. The van der Waals surface area contributed by atoms with Gasteiger partial charge in [0.05, 0.1) is 31.1 Å². The molecule has 2 amide bonds. The van der Waals surface area contributed by atoms with Gasteiger partial charge in [0.15, 0.2) is 0 Å². The van der Waals surface area contributed by atoms with Crippen LogP contribution in [0.25, 0.3) is 22.3 Å². The fourth-order valence-electron chi connectivity index (χ4n) is 4.91. The number of carbonyl (C=O) groups excluding carboxylic acids is 2. The number of benzene rings is 1. The van der Waals surface area contributed by atoms with E-state index in [1.165, 1.54) is 0 Å². The summed E-state index contributed by atoms with van der Waals surface area (Å²) < 4.78 is 5.33. The third-order valence-corrected chi connectivity index (χ3v) is 7.07. The van der Waals surface area contributed by atoms with Crippen molar-refractivity contribution in [2.24, 2.45) is 0 Å². The zero-order chi connectivity index (χ0) is 26.6. The molecule has 2 aliphatic rings. The number of piperazine rings is 1. The summed E-state index contributed by atoms with van der Waals surface area (Å²) in [5.74, 6) is 0.563. The average molecular weight is 527 g/mol. The molecule has 3 aromatic heterocycles. The predicted molar refractivity (Wildman–Crippen MR) is 147 cm³/mol. The lowest BCUT2D eigenvalue weighted by atomic mass is 10.2. The molecule has 2 fully saturated rings. The van der Waals surface area contributed by atoms with Crippen LogP contribution >= 0.6 is 0 Å². The molecule has 5 heterocycles. The normalized spacial score (nSPS) is 16.4. The fourth-order valence-corrected chi connectivity index (χ4v) is 4.91. The molecular weight excluding hydrogens is 496 g/mol. The van der Waals surface area contributed by atoms with Crippen molar-refractivity contribution < 1.29 is 14.3 Å². The quantitative estimate of drug-likeness (QED) is 0.393. The minimum absolute atomic E-state index is 0.0359. The number of amides is 2. The highest BCUT2D eigenvalue weighted by Crippen LogP contribution is 2.24. The molecule has 0 bridgehead atoms. The van der Waals surface area contributed by atoms with Crippen LogP contribution in [0.5, 0.6) is 0 Å². The summed E-state index contributed by atoms with van der Waals surface area (Å²) in [5.41, 5.74) is 3.75. The van der Waals surface area contributed by atoms with Crippen molar-refractivity contribution in [2.45, 2.75) is 0 Å². The van der Waals surface area contributed by atoms with Gasteiger partial charge in [-0.1, -0.05) is 6.07 Å². The molecule has 2 N–H and O–H groups in total. The number of hydrogen-bond donors (Lipinski definition) is 2. The highest BCUT2D eigenvalue weighted by Gasteiger charge is 2.26. The maximum atomic E-state index is 13.2. The topological polar surface area (TPSA) is 120 Å². The second kappa shape index (κ2) is 11.2. The zero-order valence-corrected chi connectivity index (χ0v) is 21.5. The minimum Gasteiger partial charge on any atom is -0.378 e. The van der Waals surface area contributed by atoms with Gasteiger partial charge >= 0.3 is 0 Å². The Hall–Kier alpha value is -4.35. The Morgan fingerprint density at radius 3 is 2.51 bits per heavy atom. The van der Waals surface area contributed by atoms with Gasteiger partial charge in [-0.2, -0.15) is 0 Å². The number of aromatic amines is 1. The Kier molecular flexibility index (Phi) is 7.15. The highest BCUT2D eigenvalue weighted by molar-refractivity contribution is 5.98. The van der Waals surface area contributed by atoms with Crippen molar-refractivity contribution in [1.82, 2.24) is 34.6 Å². The average Bonchev–Trinajstić information content (AvgIpc) is 3.42. The van der Waals surface area contributed by atoms with Crippen LogP contribution in [0.15, 0.2) is 60.9 Å². The molecular formula is C28H30N8O3. The van der Waals surface area contributed by atoms with E-state index in [-0.39, 0.29) is 11.8 Å². The van der Waals surface area contributed by atoms with Crippen LogP contribution in [-0.2, 0) is 9.53 Å². The van der Waals surface area contributed by atoms with Gasteiger partial charge < -0.3 is 24.8 Å². The number of nitrogens with zero attached hydrogens (tertiary/aromatic N) is 6. The molecule has 11 nitrogen and oxygen atoms in total.